The van der Waals surface area contributed by atoms with E-state index in [1.165, 1.54) is 16.5 Å². The number of nitrogens with zero attached hydrogens (tertiary/aromatic N) is 2. The lowest BCUT2D eigenvalue weighted by Crippen LogP contribution is -2.44. The summed E-state index contributed by atoms with van der Waals surface area (Å²) in [5, 5.41) is 2.35. The van der Waals surface area contributed by atoms with Gasteiger partial charge in [-0.3, -0.25) is 4.79 Å². The van der Waals surface area contributed by atoms with Crippen LogP contribution in [-0.4, -0.2) is 50.5 Å². The normalized spacial score (nSPS) is 15.0. The second kappa shape index (κ2) is 8.33. The predicted molar refractivity (Wildman–Crippen MR) is 118 cm³/mol. The number of piperazine rings is 1. The fraction of sp³-hybridized carbons (Fsp3) is 0.261. The van der Waals surface area contributed by atoms with Crippen molar-refractivity contribution in [3.8, 4) is 5.75 Å². The van der Waals surface area contributed by atoms with E-state index in [0.29, 0.717) is 5.56 Å². The van der Waals surface area contributed by atoms with Crippen LogP contribution in [0.4, 0.5) is 5.69 Å². The third-order valence-electron chi connectivity index (χ3n) is 5.21. The highest BCUT2D eigenvalue weighted by Crippen LogP contribution is 2.30. The van der Waals surface area contributed by atoms with Crippen LogP contribution in [0.5, 0.6) is 5.75 Å². The van der Waals surface area contributed by atoms with Crippen LogP contribution >= 0.6 is 15.9 Å². The number of ketones is 1. The Kier molecular flexibility index (Phi) is 5.64. The molecule has 4 rings (SSSR count). The van der Waals surface area contributed by atoms with Gasteiger partial charge in [-0.05, 0) is 42.8 Å². The van der Waals surface area contributed by atoms with E-state index in [0.717, 1.165) is 36.4 Å². The van der Waals surface area contributed by atoms with Crippen LogP contribution < -0.4 is 9.64 Å². The first kappa shape index (κ1) is 19.0. The van der Waals surface area contributed by atoms with Gasteiger partial charge >= 0.3 is 0 Å². The first-order chi connectivity index (χ1) is 13.6. The molecule has 0 N–H and O–H groups in total. The average molecular weight is 439 g/mol. The van der Waals surface area contributed by atoms with Crippen molar-refractivity contribution >= 4 is 38.2 Å². The standard InChI is InChI=1S/C23H23BrN2O2/c1-25-11-13-26(14-12-25)22-4-2-3-17-7-10-20(15-21(17)22)28-16-23(27)18-5-8-19(24)9-6-18/h2-10,15H,11-14,16H2,1H3. The molecule has 1 aliphatic rings. The molecule has 1 saturated heterocycles. The van der Waals surface area contributed by atoms with Crippen LogP contribution in [-0.2, 0) is 0 Å². The quantitative estimate of drug-likeness (QED) is 0.544. The fourth-order valence-corrected chi connectivity index (χ4v) is 3.78. The minimum atomic E-state index is -0.0278. The number of anilines is 1. The van der Waals surface area contributed by atoms with Gasteiger partial charge in [0.05, 0.1) is 0 Å². The monoisotopic (exact) mass is 438 g/mol. The summed E-state index contributed by atoms with van der Waals surface area (Å²) in [6, 6.07) is 19.8. The molecular formula is C23H23BrN2O2. The van der Waals surface area contributed by atoms with E-state index in [2.05, 4.69) is 63.1 Å². The summed E-state index contributed by atoms with van der Waals surface area (Å²) in [4.78, 5) is 17.2. The highest BCUT2D eigenvalue weighted by atomic mass is 79.9. The van der Waals surface area contributed by atoms with E-state index in [-0.39, 0.29) is 12.4 Å². The number of carbonyl (C=O) groups is 1. The third-order valence-corrected chi connectivity index (χ3v) is 5.74. The van der Waals surface area contributed by atoms with Crippen molar-refractivity contribution in [1.82, 2.24) is 4.90 Å². The number of rotatable bonds is 5. The zero-order chi connectivity index (χ0) is 19.5. The van der Waals surface area contributed by atoms with Crippen LogP contribution in [0, 0.1) is 0 Å². The molecule has 1 aliphatic heterocycles. The Bertz CT molecular complexity index is 980. The maximum absolute atomic E-state index is 12.4. The number of Topliss-reactive ketones (excluding diaryl/α,β-unsaturated/α-hetero) is 1. The van der Waals surface area contributed by atoms with Gasteiger partial charge in [-0.1, -0.05) is 46.3 Å². The molecule has 0 amide bonds. The first-order valence-corrected chi connectivity index (χ1v) is 10.3. The van der Waals surface area contributed by atoms with Crippen molar-refractivity contribution in [2.45, 2.75) is 0 Å². The van der Waals surface area contributed by atoms with Gasteiger partial charge in [-0.15, -0.1) is 0 Å². The number of carbonyl (C=O) groups excluding carboxylic acids is 1. The third kappa shape index (κ3) is 4.21. The summed E-state index contributed by atoms with van der Waals surface area (Å²) in [5.74, 6) is 0.694. The lowest BCUT2D eigenvalue weighted by molar-refractivity contribution is 0.0921. The Labute approximate surface area is 173 Å². The molecule has 1 heterocycles. The summed E-state index contributed by atoms with van der Waals surface area (Å²) in [6.07, 6.45) is 0. The molecule has 3 aromatic carbocycles. The Morgan fingerprint density at radius 1 is 1.00 bits per heavy atom. The van der Waals surface area contributed by atoms with Crippen molar-refractivity contribution < 1.29 is 9.53 Å². The molecule has 0 bridgehead atoms. The fourth-order valence-electron chi connectivity index (χ4n) is 3.52. The summed E-state index contributed by atoms with van der Waals surface area (Å²) < 4.78 is 6.79. The highest BCUT2D eigenvalue weighted by Gasteiger charge is 2.16. The smallest absolute Gasteiger partial charge is 0.200 e. The Hall–Kier alpha value is -2.37. The molecule has 0 atom stereocenters. The number of likely N-dealkylation sites (N-methyl/N-ethyl adjacent to an activating group) is 1. The van der Waals surface area contributed by atoms with Crippen LogP contribution in [0.2, 0.25) is 0 Å². The summed E-state index contributed by atoms with van der Waals surface area (Å²) in [6.45, 7) is 4.19. The van der Waals surface area contributed by atoms with Gasteiger partial charge in [0.15, 0.2) is 12.4 Å². The van der Waals surface area contributed by atoms with E-state index in [1.54, 1.807) is 0 Å². The predicted octanol–water partition coefficient (Wildman–Crippen LogP) is 4.62. The van der Waals surface area contributed by atoms with Gasteiger partial charge in [0.25, 0.3) is 0 Å². The number of hydrogen-bond acceptors (Lipinski definition) is 4. The van der Waals surface area contributed by atoms with Gasteiger partial charge in [0.2, 0.25) is 0 Å². The lowest BCUT2D eigenvalue weighted by Gasteiger charge is -2.34. The molecule has 0 spiro atoms. The van der Waals surface area contributed by atoms with Crippen molar-refractivity contribution in [1.29, 1.82) is 0 Å². The molecule has 28 heavy (non-hydrogen) atoms. The highest BCUT2D eigenvalue weighted by molar-refractivity contribution is 9.10. The Balaban J connectivity index is 1.52. The van der Waals surface area contributed by atoms with Crippen molar-refractivity contribution in [3.63, 3.8) is 0 Å². The number of benzene rings is 3. The van der Waals surface area contributed by atoms with Crippen molar-refractivity contribution in [2.24, 2.45) is 0 Å². The summed E-state index contributed by atoms with van der Waals surface area (Å²) in [7, 11) is 2.16. The van der Waals surface area contributed by atoms with Crippen molar-refractivity contribution in [3.05, 3.63) is 70.7 Å². The first-order valence-electron chi connectivity index (χ1n) is 9.48. The molecule has 1 fully saturated rings. The van der Waals surface area contributed by atoms with Crippen LogP contribution in [0.25, 0.3) is 10.8 Å². The van der Waals surface area contributed by atoms with E-state index in [4.69, 9.17) is 4.74 Å². The maximum Gasteiger partial charge on any atom is 0.200 e. The van der Waals surface area contributed by atoms with Crippen LogP contribution in [0.1, 0.15) is 10.4 Å². The maximum atomic E-state index is 12.4. The molecule has 144 valence electrons. The van der Waals surface area contributed by atoms with Crippen LogP contribution in [0.15, 0.2) is 65.1 Å². The Morgan fingerprint density at radius 2 is 1.75 bits per heavy atom. The molecule has 3 aromatic rings. The minimum Gasteiger partial charge on any atom is -0.485 e. The molecule has 0 aliphatic carbocycles. The molecule has 0 aromatic heterocycles. The minimum absolute atomic E-state index is 0.0278. The zero-order valence-electron chi connectivity index (χ0n) is 15.9. The van der Waals surface area contributed by atoms with Crippen molar-refractivity contribution in [2.75, 3.05) is 44.7 Å². The van der Waals surface area contributed by atoms with Gasteiger partial charge < -0.3 is 14.5 Å². The number of halogens is 1. The van der Waals surface area contributed by atoms with E-state index in [9.17, 15) is 4.79 Å². The SMILES string of the molecule is CN1CCN(c2cccc3ccc(OCC(=O)c4ccc(Br)cc4)cc23)CC1. The van der Waals surface area contributed by atoms with Gasteiger partial charge in [0.1, 0.15) is 5.75 Å². The summed E-state index contributed by atoms with van der Waals surface area (Å²) >= 11 is 3.39. The average Bonchev–Trinajstić information content (AvgIpc) is 2.72. The molecule has 0 saturated carbocycles. The molecular weight excluding hydrogens is 416 g/mol. The lowest BCUT2D eigenvalue weighted by atomic mass is 10.1. The zero-order valence-corrected chi connectivity index (χ0v) is 17.5. The second-order valence-corrected chi connectivity index (χ2v) is 8.08. The van der Waals surface area contributed by atoms with Crippen LogP contribution in [0.3, 0.4) is 0 Å². The molecule has 5 heteroatoms. The molecule has 0 radical (unpaired) electrons. The van der Waals surface area contributed by atoms with E-state index in [1.807, 2.05) is 30.3 Å². The number of fused-ring (bicyclic) bond motifs is 1. The number of ether oxygens (including phenoxy) is 1. The molecule has 4 nitrogen and oxygen atoms in total. The van der Waals surface area contributed by atoms with E-state index < -0.39 is 0 Å². The topological polar surface area (TPSA) is 32.8 Å². The largest absolute Gasteiger partial charge is 0.485 e. The van der Waals surface area contributed by atoms with Gasteiger partial charge in [0, 0.05) is 47.3 Å². The van der Waals surface area contributed by atoms with Gasteiger partial charge in [-0.25, -0.2) is 0 Å². The Morgan fingerprint density at radius 3 is 2.50 bits per heavy atom. The molecule has 0 unspecified atom stereocenters. The van der Waals surface area contributed by atoms with E-state index >= 15 is 0 Å². The van der Waals surface area contributed by atoms with Gasteiger partial charge in [-0.2, -0.15) is 0 Å². The number of hydrogen-bond donors (Lipinski definition) is 0. The second-order valence-electron chi connectivity index (χ2n) is 7.17. The summed E-state index contributed by atoms with van der Waals surface area (Å²) in [5.41, 5.74) is 1.89.